The molecule has 0 heterocycles. The highest BCUT2D eigenvalue weighted by Crippen LogP contribution is 2.03. The van der Waals surface area contributed by atoms with Crippen molar-refractivity contribution in [2.24, 2.45) is 11.7 Å². The summed E-state index contributed by atoms with van der Waals surface area (Å²) in [7, 11) is 2.23. The molecule has 0 aromatic heterocycles. The van der Waals surface area contributed by atoms with Crippen molar-refractivity contribution in [2.45, 2.75) is 46.0 Å². The minimum absolute atomic E-state index is 0.828. The summed E-state index contributed by atoms with van der Waals surface area (Å²) in [4.78, 5) is 2.45. The first-order valence-electron chi connectivity index (χ1n) is 6.05. The molecule has 0 bridgehead atoms. The fourth-order valence-electron chi connectivity index (χ4n) is 1.47. The van der Waals surface area contributed by atoms with Gasteiger partial charge in [0.1, 0.15) is 0 Å². The molecule has 0 saturated heterocycles. The molecule has 0 unspecified atom stereocenters. The van der Waals surface area contributed by atoms with Crippen LogP contribution in [0, 0.1) is 5.92 Å². The predicted octanol–water partition coefficient (Wildman–Crippen LogP) is 2.48. The molecule has 14 heavy (non-hydrogen) atoms. The van der Waals surface area contributed by atoms with E-state index in [0.717, 1.165) is 12.5 Å². The van der Waals surface area contributed by atoms with Crippen molar-refractivity contribution in [2.75, 3.05) is 26.7 Å². The van der Waals surface area contributed by atoms with Gasteiger partial charge in [-0.05, 0) is 51.9 Å². The number of hydrogen-bond acceptors (Lipinski definition) is 2. The molecule has 0 atom stereocenters. The van der Waals surface area contributed by atoms with Crippen molar-refractivity contribution < 1.29 is 0 Å². The van der Waals surface area contributed by atoms with Crippen LogP contribution in [0.3, 0.4) is 0 Å². The van der Waals surface area contributed by atoms with Gasteiger partial charge in [0.05, 0.1) is 0 Å². The fourth-order valence-corrected chi connectivity index (χ4v) is 1.47. The number of unbranched alkanes of at least 4 members (excludes halogenated alkanes) is 3. The van der Waals surface area contributed by atoms with Gasteiger partial charge in [0.2, 0.25) is 0 Å². The van der Waals surface area contributed by atoms with Gasteiger partial charge < -0.3 is 10.6 Å². The molecule has 2 heteroatoms. The maximum absolute atomic E-state index is 5.44. The van der Waals surface area contributed by atoms with Crippen LogP contribution in [0.2, 0.25) is 0 Å². The second-order valence-electron chi connectivity index (χ2n) is 4.69. The van der Waals surface area contributed by atoms with Crippen molar-refractivity contribution >= 4 is 0 Å². The van der Waals surface area contributed by atoms with Crippen LogP contribution in [0.15, 0.2) is 0 Å². The molecule has 0 rings (SSSR count). The van der Waals surface area contributed by atoms with Crippen molar-refractivity contribution in [3.05, 3.63) is 0 Å². The molecule has 2 N–H and O–H groups in total. The number of nitrogens with two attached hydrogens (primary N) is 1. The predicted molar refractivity (Wildman–Crippen MR) is 64.5 cm³/mol. The Balaban J connectivity index is 3.14. The summed E-state index contributed by atoms with van der Waals surface area (Å²) < 4.78 is 0. The van der Waals surface area contributed by atoms with E-state index < -0.39 is 0 Å². The van der Waals surface area contributed by atoms with E-state index in [1.165, 1.54) is 45.2 Å². The molecule has 0 spiro atoms. The molecule has 0 aliphatic rings. The third-order valence-electron chi connectivity index (χ3n) is 2.58. The Morgan fingerprint density at radius 1 is 1.00 bits per heavy atom. The second-order valence-corrected chi connectivity index (χ2v) is 4.69. The van der Waals surface area contributed by atoms with Crippen LogP contribution in [-0.2, 0) is 0 Å². The summed E-state index contributed by atoms with van der Waals surface area (Å²) in [6.07, 6.45) is 6.47. The highest BCUT2D eigenvalue weighted by molar-refractivity contribution is 4.55. The van der Waals surface area contributed by atoms with Crippen molar-refractivity contribution in [1.29, 1.82) is 0 Å². The Hall–Kier alpha value is -0.0800. The Labute approximate surface area is 89.9 Å². The maximum Gasteiger partial charge on any atom is -0.00194 e. The molecule has 0 radical (unpaired) electrons. The van der Waals surface area contributed by atoms with Crippen LogP contribution >= 0.6 is 0 Å². The van der Waals surface area contributed by atoms with Gasteiger partial charge in [-0.15, -0.1) is 0 Å². The first-order chi connectivity index (χ1) is 6.66. The van der Waals surface area contributed by atoms with Gasteiger partial charge in [0.25, 0.3) is 0 Å². The molecule has 2 nitrogen and oxygen atoms in total. The van der Waals surface area contributed by atoms with Gasteiger partial charge in [0.15, 0.2) is 0 Å². The first kappa shape index (κ1) is 13.9. The summed E-state index contributed by atoms with van der Waals surface area (Å²) in [5.41, 5.74) is 5.44. The average molecular weight is 200 g/mol. The zero-order valence-corrected chi connectivity index (χ0v) is 10.3. The molecule has 0 fully saturated rings. The Morgan fingerprint density at radius 3 is 2.21 bits per heavy atom. The summed E-state index contributed by atoms with van der Waals surface area (Å²) in [5, 5.41) is 0. The quantitative estimate of drug-likeness (QED) is 0.579. The Kier molecular flexibility index (Phi) is 9.42. The van der Waals surface area contributed by atoms with E-state index >= 15 is 0 Å². The second kappa shape index (κ2) is 9.47. The third kappa shape index (κ3) is 10.0. The molecule has 0 aliphatic heterocycles. The summed E-state index contributed by atoms with van der Waals surface area (Å²) >= 11 is 0. The smallest absolute Gasteiger partial charge is 0.00194 e. The zero-order valence-electron chi connectivity index (χ0n) is 10.3. The molecule has 0 amide bonds. The number of rotatable bonds is 9. The first-order valence-corrected chi connectivity index (χ1v) is 6.05. The minimum atomic E-state index is 0.828. The SMILES string of the molecule is CC(C)CCN(C)CCCCCCN. The normalized spacial score (nSPS) is 11.6. The molecular weight excluding hydrogens is 172 g/mol. The van der Waals surface area contributed by atoms with E-state index in [-0.39, 0.29) is 0 Å². The van der Waals surface area contributed by atoms with E-state index in [1.54, 1.807) is 0 Å². The van der Waals surface area contributed by atoms with Gasteiger partial charge >= 0.3 is 0 Å². The molecular formula is C12H28N2. The van der Waals surface area contributed by atoms with E-state index in [2.05, 4.69) is 25.8 Å². The van der Waals surface area contributed by atoms with Crippen LogP contribution in [0.1, 0.15) is 46.0 Å². The van der Waals surface area contributed by atoms with Gasteiger partial charge in [-0.2, -0.15) is 0 Å². The molecule has 0 aromatic rings. The van der Waals surface area contributed by atoms with Crippen molar-refractivity contribution in [3.63, 3.8) is 0 Å². The molecule has 0 aliphatic carbocycles. The highest BCUT2D eigenvalue weighted by Gasteiger charge is 1.99. The van der Waals surface area contributed by atoms with Gasteiger partial charge in [-0.3, -0.25) is 0 Å². The van der Waals surface area contributed by atoms with Gasteiger partial charge in [-0.25, -0.2) is 0 Å². The van der Waals surface area contributed by atoms with Crippen LogP contribution in [-0.4, -0.2) is 31.6 Å². The van der Waals surface area contributed by atoms with Crippen LogP contribution in [0.25, 0.3) is 0 Å². The monoisotopic (exact) mass is 200 g/mol. The van der Waals surface area contributed by atoms with Crippen LogP contribution in [0.4, 0.5) is 0 Å². The Morgan fingerprint density at radius 2 is 1.64 bits per heavy atom. The van der Waals surface area contributed by atoms with Crippen molar-refractivity contribution in [3.8, 4) is 0 Å². The van der Waals surface area contributed by atoms with Gasteiger partial charge in [-0.1, -0.05) is 26.7 Å². The zero-order chi connectivity index (χ0) is 10.8. The lowest BCUT2D eigenvalue weighted by Crippen LogP contribution is -2.22. The number of nitrogens with zero attached hydrogens (tertiary/aromatic N) is 1. The van der Waals surface area contributed by atoms with E-state index in [9.17, 15) is 0 Å². The summed E-state index contributed by atoms with van der Waals surface area (Å²) in [6.45, 7) is 7.92. The number of hydrogen-bond donors (Lipinski definition) is 1. The minimum Gasteiger partial charge on any atom is -0.330 e. The lowest BCUT2D eigenvalue weighted by Gasteiger charge is -2.17. The average Bonchev–Trinajstić information content (AvgIpc) is 2.14. The van der Waals surface area contributed by atoms with E-state index in [1.807, 2.05) is 0 Å². The highest BCUT2D eigenvalue weighted by atomic mass is 15.1. The van der Waals surface area contributed by atoms with Crippen LogP contribution < -0.4 is 5.73 Å². The molecule has 0 saturated carbocycles. The third-order valence-corrected chi connectivity index (χ3v) is 2.58. The topological polar surface area (TPSA) is 29.3 Å². The molecule has 0 aromatic carbocycles. The fraction of sp³-hybridized carbons (Fsp3) is 1.00. The Bertz CT molecular complexity index is 113. The standard InChI is InChI=1S/C12H28N2/c1-12(2)8-11-14(3)10-7-5-4-6-9-13/h12H,4-11,13H2,1-3H3. The largest absolute Gasteiger partial charge is 0.330 e. The lowest BCUT2D eigenvalue weighted by molar-refractivity contribution is 0.302. The van der Waals surface area contributed by atoms with Gasteiger partial charge in [0, 0.05) is 0 Å². The summed E-state index contributed by atoms with van der Waals surface area (Å²) in [6, 6.07) is 0. The molecule has 86 valence electrons. The van der Waals surface area contributed by atoms with E-state index in [0.29, 0.717) is 0 Å². The van der Waals surface area contributed by atoms with E-state index in [4.69, 9.17) is 5.73 Å². The lowest BCUT2D eigenvalue weighted by atomic mass is 10.1. The van der Waals surface area contributed by atoms with Crippen LogP contribution in [0.5, 0.6) is 0 Å². The maximum atomic E-state index is 5.44. The van der Waals surface area contributed by atoms with Crippen molar-refractivity contribution in [1.82, 2.24) is 4.90 Å². The summed E-state index contributed by atoms with van der Waals surface area (Å²) in [5.74, 6) is 0.828.